The number of hydrogen-bond donors (Lipinski definition) is 3. The fraction of sp³-hybridized carbons (Fsp3) is 0.636. The quantitative estimate of drug-likeness (QED) is 0.465. The summed E-state index contributed by atoms with van der Waals surface area (Å²) in [6.07, 6.45) is -4.42. The van der Waals surface area contributed by atoms with Crippen molar-refractivity contribution in [1.82, 2.24) is 15.2 Å². The molecule has 1 aromatic rings. The third kappa shape index (κ3) is 8.72. The highest BCUT2D eigenvalue weighted by Gasteiger charge is 2.53. The Hall–Kier alpha value is -3.14. The molecule has 16 heteroatoms. The van der Waals surface area contributed by atoms with E-state index in [2.05, 4.69) is 15.2 Å². The van der Waals surface area contributed by atoms with Crippen LogP contribution in [0.5, 0.6) is 5.88 Å². The van der Waals surface area contributed by atoms with Crippen molar-refractivity contribution in [3.63, 3.8) is 0 Å². The SMILES string of the molecule is COc1ncccc1CN1CC[C@H]2OCC[C@@]2(C(=O)NC2CC2)C1.O=C(O)C(F)(F)F.O=C(O)C(F)(F)F. The van der Waals surface area contributed by atoms with E-state index in [-0.39, 0.29) is 12.0 Å². The standard InChI is InChI=1S/C18H25N3O3.2C2HF3O2/c1-23-16-13(3-2-8-19-16)11-21-9-6-15-18(12-21,7-10-24-15)17(22)20-14-4-5-14;2*3-2(4,5)1(6)7/h2-3,8,14-15H,4-7,9-12H2,1H3,(H,20,22);2*(H,6,7)/t15-,18-;;/m1../s1. The number of methoxy groups -OCH3 is 1. The van der Waals surface area contributed by atoms with Crippen LogP contribution >= 0.6 is 0 Å². The number of rotatable bonds is 5. The Bertz CT molecular complexity index is 963. The number of aliphatic carboxylic acids is 2. The van der Waals surface area contributed by atoms with E-state index in [9.17, 15) is 31.1 Å². The largest absolute Gasteiger partial charge is 0.490 e. The summed E-state index contributed by atoms with van der Waals surface area (Å²) in [6.45, 7) is 3.12. The number of ether oxygens (including phenoxy) is 2. The highest BCUT2D eigenvalue weighted by atomic mass is 19.4. The van der Waals surface area contributed by atoms with E-state index in [1.54, 1.807) is 13.3 Å². The van der Waals surface area contributed by atoms with E-state index in [1.807, 2.05) is 12.1 Å². The molecular weight excluding hydrogens is 532 g/mol. The molecule has 10 nitrogen and oxygen atoms in total. The first-order chi connectivity index (χ1) is 17.6. The molecule has 0 aromatic carbocycles. The molecule has 4 rings (SSSR count). The van der Waals surface area contributed by atoms with Gasteiger partial charge < -0.3 is 25.0 Å². The van der Waals surface area contributed by atoms with E-state index < -0.39 is 29.7 Å². The highest BCUT2D eigenvalue weighted by molar-refractivity contribution is 5.84. The van der Waals surface area contributed by atoms with Crippen LogP contribution in [0.25, 0.3) is 0 Å². The van der Waals surface area contributed by atoms with E-state index >= 15 is 0 Å². The number of likely N-dealkylation sites (tertiary alicyclic amines) is 1. The van der Waals surface area contributed by atoms with Crippen LogP contribution in [0.4, 0.5) is 26.3 Å². The van der Waals surface area contributed by atoms with Gasteiger partial charge in [0.15, 0.2) is 0 Å². The lowest BCUT2D eigenvalue weighted by Crippen LogP contribution is -2.57. The number of nitrogens with zero attached hydrogens (tertiary/aromatic N) is 2. The summed E-state index contributed by atoms with van der Waals surface area (Å²) in [7, 11) is 1.65. The summed E-state index contributed by atoms with van der Waals surface area (Å²) in [6, 6.07) is 4.36. The molecule has 0 unspecified atom stereocenters. The summed E-state index contributed by atoms with van der Waals surface area (Å²) in [5.41, 5.74) is 0.672. The van der Waals surface area contributed by atoms with Gasteiger partial charge in [-0.2, -0.15) is 26.3 Å². The number of carboxylic acids is 2. The summed E-state index contributed by atoms with van der Waals surface area (Å²) >= 11 is 0. The molecule has 0 spiro atoms. The number of nitrogens with one attached hydrogen (secondary N) is 1. The number of pyridine rings is 1. The minimum absolute atomic E-state index is 0.0586. The smallest absolute Gasteiger partial charge is 0.481 e. The van der Waals surface area contributed by atoms with Crippen molar-refractivity contribution in [3.8, 4) is 5.88 Å². The normalized spacial score (nSPS) is 23.1. The molecule has 38 heavy (non-hydrogen) atoms. The fourth-order valence-corrected chi connectivity index (χ4v) is 4.01. The average molecular weight is 559 g/mol. The third-order valence-electron chi connectivity index (χ3n) is 5.98. The number of halogens is 6. The minimum Gasteiger partial charge on any atom is -0.481 e. The van der Waals surface area contributed by atoms with Gasteiger partial charge in [0, 0.05) is 44.0 Å². The Morgan fingerprint density at radius 3 is 2.21 bits per heavy atom. The van der Waals surface area contributed by atoms with Gasteiger partial charge in [0.1, 0.15) is 0 Å². The van der Waals surface area contributed by atoms with Crippen molar-refractivity contribution in [1.29, 1.82) is 0 Å². The van der Waals surface area contributed by atoms with Gasteiger partial charge in [-0.05, 0) is 31.7 Å². The first kappa shape index (κ1) is 31.1. The van der Waals surface area contributed by atoms with Gasteiger partial charge >= 0.3 is 24.3 Å². The molecule has 2 aliphatic heterocycles. The van der Waals surface area contributed by atoms with E-state index in [4.69, 9.17) is 29.3 Å². The van der Waals surface area contributed by atoms with E-state index in [0.29, 0.717) is 18.5 Å². The summed E-state index contributed by atoms with van der Waals surface area (Å²) in [5.74, 6) is -4.66. The topological polar surface area (TPSA) is 138 Å². The second-order valence-corrected chi connectivity index (χ2v) is 8.79. The molecular formula is C22H27F6N3O7. The number of carbonyl (C=O) groups excluding carboxylic acids is 1. The highest BCUT2D eigenvalue weighted by Crippen LogP contribution is 2.42. The molecule has 0 radical (unpaired) electrons. The fourth-order valence-electron chi connectivity index (χ4n) is 4.01. The van der Waals surface area contributed by atoms with Crippen LogP contribution in [-0.2, 0) is 25.7 Å². The Morgan fingerprint density at radius 1 is 1.13 bits per heavy atom. The lowest BCUT2D eigenvalue weighted by molar-refractivity contribution is -0.193. The van der Waals surface area contributed by atoms with Crippen molar-refractivity contribution >= 4 is 17.8 Å². The second-order valence-electron chi connectivity index (χ2n) is 8.79. The van der Waals surface area contributed by atoms with Gasteiger partial charge in [0.2, 0.25) is 11.8 Å². The molecule has 3 N–H and O–H groups in total. The van der Waals surface area contributed by atoms with Crippen LogP contribution in [-0.4, -0.2) is 89.2 Å². The molecule has 1 aliphatic carbocycles. The van der Waals surface area contributed by atoms with Crippen LogP contribution in [0.2, 0.25) is 0 Å². The Morgan fingerprint density at radius 2 is 1.71 bits per heavy atom. The van der Waals surface area contributed by atoms with Gasteiger partial charge in [-0.15, -0.1) is 0 Å². The Kier molecular flexibility index (Phi) is 10.3. The van der Waals surface area contributed by atoms with Gasteiger partial charge in [0.25, 0.3) is 0 Å². The van der Waals surface area contributed by atoms with Crippen molar-refractivity contribution in [2.45, 2.75) is 56.7 Å². The van der Waals surface area contributed by atoms with Gasteiger partial charge in [0.05, 0.1) is 18.6 Å². The lowest BCUT2D eigenvalue weighted by atomic mass is 9.75. The van der Waals surface area contributed by atoms with Crippen molar-refractivity contribution in [2.24, 2.45) is 5.41 Å². The van der Waals surface area contributed by atoms with Crippen LogP contribution in [0.1, 0.15) is 31.2 Å². The molecule has 1 saturated carbocycles. The van der Waals surface area contributed by atoms with E-state index in [0.717, 1.165) is 50.9 Å². The van der Waals surface area contributed by atoms with Crippen LogP contribution in [0.15, 0.2) is 18.3 Å². The number of piperidine rings is 1. The molecule has 0 bridgehead atoms. The van der Waals surface area contributed by atoms with Crippen LogP contribution in [0.3, 0.4) is 0 Å². The maximum atomic E-state index is 12.9. The molecule has 214 valence electrons. The minimum atomic E-state index is -5.08. The second kappa shape index (κ2) is 12.6. The molecule has 3 heterocycles. The number of fused-ring (bicyclic) bond motifs is 1. The number of carboxylic acid groups (broad SMARTS) is 2. The number of amides is 1. The summed E-state index contributed by atoms with van der Waals surface area (Å²) in [4.78, 5) is 37.3. The molecule has 3 aliphatic rings. The zero-order chi connectivity index (χ0) is 28.7. The predicted octanol–water partition coefficient (Wildman–Crippen LogP) is 2.62. The predicted molar refractivity (Wildman–Crippen MR) is 116 cm³/mol. The van der Waals surface area contributed by atoms with Gasteiger partial charge in [-0.3, -0.25) is 9.69 Å². The van der Waals surface area contributed by atoms with Gasteiger partial charge in [-0.25, -0.2) is 14.6 Å². The number of aromatic nitrogens is 1. The first-order valence-electron chi connectivity index (χ1n) is 11.3. The van der Waals surface area contributed by atoms with Crippen molar-refractivity contribution in [3.05, 3.63) is 23.9 Å². The molecule has 3 fully saturated rings. The van der Waals surface area contributed by atoms with Gasteiger partial charge in [-0.1, -0.05) is 6.07 Å². The molecule has 1 amide bonds. The monoisotopic (exact) mass is 559 g/mol. The molecule has 2 saturated heterocycles. The Balaban J connectivity index is 0.000000301. The molecule has 1 aromatic heterocycles. The average Bonchev–Trinajstić information content (AvgIpc) is 3.53. The summed E-state index contributed by atoms with van der Waals surface area (Å²) in [5, 5.41) is 17.5. The third-order valence-corrected chi connectivity index (χ3v) is 5.98. The number of carbonyl (C=O) groups is 3. The Labute approximate surface area is 212 Å². The zero-order valence-electron chi connectivity index (χ0n) is 20.1. The maximum Gasteiger partial charge on any atom is 0.490 e. The van der Waals surface area contributed by atoms with E-state index in [1.165, 1.54) is 0 Å². The van der Waals surface area contributed by atoms with Crippen molar-refractivity contribution < 1.29 is 60.4 Å². The first-order valence-corrected chi connectivity index (χ1v) is 11.3. The number of alkyl halides is 6. The van der Waals surface area contributed by atoms with Crippen LogP contribution < -0.4 is 10.1 Å². The lowest BCUT2D eigenvalue weighted by Gasteiger charge is -2.42. The molecule has 2 atom stereocenters. The van der Waals surface area contributed by atoms with Crippen LogP contribution in [0, 0.1) is 5.41 Å². The maximum absolute atomic E-state index is 12.9. The zero-order valence-corrected chi connectivity index (χ0v) is 20.1. The number of hydrogen-bond acceptors (Lipinski definition) is 7. The van der Waals surface area contributed by atoms with Crippen molar-refractivity contribution in [2.75, 3.05) is 26.8 Å². The summed E-state index contributed by atoms with van der Waals surface area (Å²) < 4.78 is 74.7.